The van der Waals surface area contributed by atoms with Gasteiger partial charge in [-0.1, -0.05) is 41.7 Å². The number of hydrogen-bond donors (Lipinski definition) is 3. The fraction of sp³-hybridized carbons (Fsp3) is 0.833. The van der Waals surface area contributed by atoms with Crippen molar-refractivity contribution < 1.29 is 14.6 Å². The highest BCUT2D eigenvalue weighted by Gasteiger charge is 2.37. The molecule has 0 bridgehead atoms. The summed E-state index contributed by atoms with van der Waals surface area (Å²) in [6.07, 6.45) is 0.896. The van der Waals surface area contributed by atoms with Crippen LogP contribution in [0.5, 0.6) is 0 Å². The molecule has 0 saturated heterocycles. The third-order valence-electron chi connectivity index (χ3n) is 1.31. The summed E-state index contributed by atoms with van der Waals surface area (Å²) in [4.78, 5) is 29.5. The Kier molecular flexibility index (Phi) is 7.55. The average molecular weight is 347 g/mol. The van der Waals surface area contributed by atoms with Crippen LogP contribution in [0.2, 0.25) is 0 Å². The van der Waals surface area contributed by atoms with Crippen LogP contribution in [0.3, 0.4) is 0 Å². The van der Waals surface area contributed by atoms with E-state index in [0.29, 0.717) is 17.8 Å². The molecule has 0 aromatic heterocycles. The molecule has 0 aliphatic rings. The first kappa shape index (κ1) is 17.3. The number of amides is 1. The quantitative estimate of drug-likeness (QED) is 0.405. The van der Waals surface area contributed by atoms with Crippen LogP contribution in [-0.4, -0.2) is 24.9 Å². The van der Waals surface area contributed by atoms with E-state index in [9.17, 15) is 4.79 Å². The molecule has 10 heteroatoms. The van der Waals surface area contributed by atoms with Crippen molar-refractivity contribution in [1.29, 1.82) is 0 Å². The molecular formula is C6H11Cl3NO3PS2. The highest BCUT2D eigenvalue weighted by molar-refractivity contribution is 8.67. The Bertz CT molecular complexity index is 293. The van der Waals surface area contributed by atoms with Gasteiger partial charge in [0.05, 0.1) is 0 Å². The average Bonchev–Trinajstić information content (AvgIpc) is 1.98. The minimum Gasteiger partial charge on any atom is -0.340 e. The maximum Gasteiger partial charge on any atom is 0.244 e. The van der Waals surface area contributed by atoms with Gasteiger partial charge in [0.25, 0.3) is 0 Å². The standard InChI is InChI=1S/C6H11Cl3NO3PS2/c1-2-3-4(11)10-5(6(7,8)9)16-14(12,13)15/h5H,2-3H2,1H3,(H,10,11)(H2,12,13,15). The summed E-state index contributed by atoms with van der Waals surface area (Å²) in [6, 6.07) is 0. The zero-order valence-electron chi connectivity index (χ0n) is 8.19. The van der Waals surface area contributed by atoms with Crippen LogP contribution in [-0.2, 0) is 16.6 Å². The van der Waals surface area contributed by atoms with Gasteiger partial charge in [0.2, 0.25) is 15.4 Å². The van der Waals surface area contributed by atoms with E-state index in [-0.39, 0.29) is 12.3 Å². The van der Waals surface area contributed by atoms with Gasteiger partial charge in [-0.2, -0.15) is 0 Å². The van der Waals surface area contributed by atoms with Gasteiger partial charge >= 0.3 is 0 Å². The summed E-state index contributed by atoms with van der Waals surface area (Å²) in [6.45, 7) is 1.82. The molecule has 0 fully saturated rings. The minimum absolute atomic E-state index is 0.261. The molecule has 1 atom stereocenters. The van der Waals surface area contributed by atoms with Gasteiger partial charge in [0.1, 0.15) is 5.37 Å². The Balaban J connectivity index is 4.58. The molecule has 16 heavy (non-hydrogen) atoms. The summed E-state index contributed by atoms with van der Waals surface area (Å²) in [5.41, 5.74) is -3.61. The van der Waals surface area contributed by atoms with Crippen molar-refractivity contribution in [2.24, 2.45) is 0 Å². The zero-order chi connectivity index (χ0) is 13.0. The molecule has 1 unspecified atom stereocenters. The number of rotatable bonds is 5. The second-order valence-corrected chi connectivity index (χ2v) is 11.2. The van der Waals surface area contributed by atoms with E-state index >= 15 is 0 Å². The van der Waals surface area contributed by atoms with Crippen molar-refractivity contribution in [3.63, 3.8) is 0 Å². The maximum absolute atomic E-state index is 11.3. The molecule has 96 valence electrons. The molecule has 0 saturated carbocycles. The topological polar surface area (TPSA) is 69.6 Å². The van der Waals surface area contributed by atoms with Crippen molar-refractivity contribution in [2.45, 2.75) is 28.9 Å². The first-order valence-electron chi connectivity index (χ1n) is 4.16. The van der Waals surface area contributed by atoms with Crippen molar-refractivity contribution in [1.82, 2.24) is 5.32 Å². The lowest BCUT2D eigenvalue weighted by Gasteiger charge is -2.26. The Morgan fingerprint density at radius 3 is 2.38 bits per heavy atom. The molecule has 0 aliphatic heterocycles. The second kappa shape index (κ2) is 7.00. The maximum atomic E-state index is 11.3. The Hall–Kier alpha value is 1.26. The third kappa shape index (κ3) is 8.37. The van der Waals surface area contributed by atoms with Crippen molar-refractivity contribution in [2.75, 3.05) is 0 Å². The number of carbonyl (C=O) groups is 1. The zero-order valence-corrected chi connectivity index (χ0v) is 13.0. The summed E-state index contributed by atoms with van der Waals surface area (Å²) < 4.78 is -1.86. The lowest BCUT2D eigenvalue weighted by molar-refractivity contribution is -0.121. The number of halogens is 3. The lowest BCUT2D eigenvalue weighted by atomic mass is 10.3. The Morgan fingerprint density at radius 1 is 1.56 bits per heavy atom. The van der Waals surface area contributed by atoms with Crippen LogP contribution in [0, 0.1) is 0 Å². The van der Waals surface area contributed by atoms with E-state index in [0.717, 1.165) is 0 Å². The van der Waals surface area contributed by atoms with E-state index < -0.39 is 14.9 Å². The first-order valence-corrected chi connectivity index (χ1v) is 9.49. The summed E-state index contributed by atoms with van der Waals surface area (Å²) in [7, 11) is 0. The van der Waals surface area contributed by atoms with E-state index in [1.165, 1.54) is 0 Å². The van der Waals surface area contributed by atoms with Crippen LogP contribution in [0.1, 0.15) is 19.8 Å². The third-order valence-corrected chi connectivity index (χ3v) is 5.54. The van der Waals surface area contributed by atoms with Gasteiger partial charge in [0.15, 0.2) is 0 Å². The van der Waals surface area contributed by atoms with Crippen LogP contribution in [0.15, 0.2) is 0 Å². The van der Waals surface area contributed by atoms with Crippen LogP contribution in [0.25, 0.3) is 0 Å². The normalized spacial score (nSPS) is 14.6. The van der Waals surface area contributed by atoms with Crippen LogP contribution >= 0.6 is 51.9 Å². The number of nitrogens with one attached hydrogen (secondary N) is 1. The van der Waals surface area contributed by atoms with Gasteiger partial charge < -0.3 is 15.1 Å². The smallest absolute Gasteiger partial charge is 0.244 e. The predicted octanol–water partition coefficient (Wildman–Crippen LogP) is 2.54. The molecule has 0 aliphatic carbocycles. The molecule has 0 spiro atoms. The van der Waals surface area contributed by atoms with Gasteiger partial charge in [-0.3, -0.25) is 4.79 Å². The van der Waals surface area contributed by atoms with Crippen molar-refractivity contribution >= 4 is 69.6 Å². The highest BCUT2D eigenvalue weighted by Crippen LogP contribution is 2.56. The van der Waals surface area contributed by atoms with E-state index in [4.69, 9.17) is 44.6 Å². The van der Waals surface area contributed by atoms with Crippen molar-refractivity contribution in [3.05, 3.63) is 0 Å². The Labute approximate surface area is 118 Å². The van der Waals surface area contributed by atoms with Gasteiger partial charge in [-0.25, -0.2) is 0 Å². The van der Waals surface area contributed by atoms with E-state index in [1.807, 2.05) is 6.92 Å². The molecule has 1 amide bonds. The molecule has 3 N–H and O–H groups in total. The number of hydrogen-bond acceptors (Lipinski definition) is 3. The predicted molar refractivity (Wildman–Crippen MR) is 73.4 cm³/mol. The fourth-order valence-corrected chi connectivity index (χ4v) is 4.68. The van der Waals surface area contributed by atoms with E-state index in [2.05, 4.69) is 17.1 Å². The molecule has 4 nitrogen and oxygen atoms in total. The Morgan fingerprint density at radius 2 is 2.06 bits per heavy atom. The number of alkyl halides is 3. The second-order valence-electron chi connectivity index (χ2n) is 2.84. The minimum atomic E-state index is -3.61. The van der Waals surface area contributed by atoms with Gasteiger partial charge in [0, 0.05) is 6.42 Å². The van der Waals surface area contributed by atoms with Crippen LogP contribution < -0.4 is 5.32 Å². The molecular weight excluding hydrogens is 336 g/mol. The van der Waals surface area contributed by atoms with E-state index in [1.54, 1.807) is 0 Å². The summed E-state index contributed by atoms with van der Waals surface area (Å²) >= 11 is 21.7. The number of carbonyl (C=O) groups excluding carboxylic acids is 1. The summed E-state index contributed by atoms with van der Waals surface area (Å²) in [5, 5.41) is 1.30. The molecule has 0 aromatic carbocycles. The van der Waals surface area contributed by atoms with Crippen molar-refractivity contribution in [3.8, 4) is 0 Å². The molecule has 0 aromatic rings. The SMILES string of the molecule is CCCC(=O)NC(SP(O)(O)=S)C(Cl)(Cl)Cl. The van der Waals surface area contributed by atoms with Crippen LogP contribution in [0.4, 0.5) is 0 Å². The highest BCUT2D eigenvalue weighted by atomic mass is 35.6. The molecule has 0 radical (unpaired) electrons. The largest absolute Gasteiger partial charge is 0.340 e. The van der Waals surface area contributed by atoms with Gasteiger partial charge in [-0.15, -0.1) is 0 Å². The summed E-state index contributed by atoms with van der Waals surface area (Å²) in [5.74, 6) is -0.338. The first-order chi connectivity index (χ1) is 7.06. The fourth-order valence-electron chi connectivity index (χ4n) is 0.751. The molecule has 0 heterocycles. The van der Waals surface area contributed by atoms with Gasteiger partial charge in [-0.05, 0) is 29.6 Å². The monoisotopic (exact) mass is 345 g/mol. The molecule has 0 rings (SSSR count). The lowest BCUT2D eigenvalue weighted by Crippen LogP contribution is -2.41.